The molecule has 0 spiro atoms. The number of rotatable bonds is 4. The zero-order valence-electron chi connectivity index (χ0n) is 8.06. The fourth-order valence-corrected chi connectivity index (χ4v) is 1.26. The predicted octanol–water partition coefficient (Wildman–Crippen LogP) is 1.57. The normalized spacial score (nSPS) is 12.9. The van der Waals surface area contributed by atoms with Crippen molar-refractivity contribution in [3.8, 4) is 0 Å². The lowest BCUT2D eigenvalue weighted by Crippen LogP contribution is -2.18. The maximum Gasteiger partial charge on any atom is 0.130 e. The highest BCUT2D eigenvalue weighted by molar-refractivity contribution is 5.21. The molecule has 0 saturated heterocycles. The molecular weight excluding hydrogens is 186 g/mol. The van der Waals surface area contributed by atoms with Crippen LogP contribution in [0.5, 0.6) is 0 Å². The van der Waals surface area contributed by atoms with Crippen molar-refractivity contribution in [2.45, 2.75) is 12.5 Å². The first-order chi connectivity index (χ1) is 6.65. The van der Waals surface area contributed by atoms with Crippen molar-refractivity contribution < 1.29 is 8.78 Å². The van der Waals surface area contributed by atoms with Gasteiger partial charge in [-0.2, -0.15) is 0 Å². The van der Waals surface area contributed by atoms with E-state index in [1.165, 1.54) is 12.1 Å². The summed E-state index contributed by atoms with van der Waals surface area (Å²) >= 11 is 0. The predicted molar refractivity (Wildman–Crippen MR) is 51.8 cm³/mol. The molecule has 1 aromatic rings. The van der Waals surface area contributed by atoms with E-state index in [2.05, 4.69) is 5.32 Å². The Bertz CT molecular complexity index is 302. The highest BCUT2D eigenvalue weighted by atomic mass is 19.1. The van der Waals surface area contributed by atoms with Crippen LogP contribution in [0.1, 0.15) is 18.0 Å². The molecule has 78 valence electrons. The molecule has 0 aromatic heterocycles. The maximum absolute atomic E-state index is 13.2. The SMILES string of the molecule is CNCCC(N)c1ccc(F)cc1F. The molecular formula is C10H14F2N2. The first-order valence-corrected chi connectivity index (χ1v) is 4.50. The highest BCUT2D eigenvalue weighted by Crippen LogP contribution is 2.18. The van der Waals surface area contributed by atoms with Crippen molar-refractivity contribution in [3.05, 3.63) is 35.4 Å². The summed E-state index contributed by atoms with van der Waals surface area (Å²) in [5, 5.41) is 2.92. The van der Waals surface area contributed by atoms with Crippen molar-refractivity contribution in [2.24, 2.45) is 5.73 Å². The number of hydrogen-bond donors (Lipinski definition) is 2. The summed E-state index contributed by atoms with van der Waals surface area (Å²) in [5.41, 5.74) is 6.09. The fraction of sp³-hybridized carbons (Fsp3) is 0.400. The lowest BCUT2D eigenvalue weighted by molar-refractivity contribution is 0.538. The van der Waals surface area contributed by atoms with E-state index in [-0.39, 0.29) is 6.04 Å². The van der Waals surface area contributed by atoms with Crippen LogP contribution in [0.25, 0.3) is 0 Å². The van der Waals surface area contributed by atoms with Crippen LogP contribution in [-0.2, 0) is 0 Å². The zero-order valence-corrected chi connectivity index (χ0v) is 8.06. The van der Waals surface area contributed by atoms with Crippen LogP contribution in [0.3, 0.4) is 0 Å². The number of benzene rings is 1. The van der Waals surface area contributed by atoms with Crippen LogP contribution >= 0.6 is 0 Å². The molecule has 0 radical (unpaired) electrons. The molecule has 14 heavy (non-hydrogen) atoms. The standard InChI is InChI=1S/C10H14F2N2/c1-14-5-4-10(13)8-3-2-7(11)6-9(8)12/h2-3,6,10,14H,4-5,13H2,1H3. The molecule has 0 bridgehead atoms. The Morgan fingerprint density at radius 2 is 2.14 bits per heavy atom. The summed E-state index contributed by atoms with van der Waals surface area (Å²) in [4.78, 5) is 0. The maximum atomic E-state index is 13.2. The minimum atomic E-state index is -0.577. The monoisotopic (exact) mass is 200 g/mol. The van der Waals surface area contributed by atoms with Gasteiger partial charge >= 0.3 is 0 Å². The number of nitrogens with one attached hydrogen (secondary N) is 1. The van der Waals surface area contributed by atoms with Gasteiger partial charge in [0.05, 0.1) is 0 Å². The summed E-state index contributed by atoms with van der Waals surface area (Å²) in [7, 11) is 1.80. The number of halogens is 2. The van der Waals surface area contributed by atoms with Crippen LogP contribution in [0.15, 0.2) is 18.2 Å². The van der Waals surface area contributed by atoms with E-state index in [0.29, 0.717) is 18.5 Å². The van der Waals surface area contributed by atoms with Crippen LogP contribution in [0.2, 0.25) is 0 Å². The molecule has 0 aliphatic rings. The average Bonchev–Trinajstić information content (AvgIpc) is 2.14. The molecule has 0 saturated carbocycles. The second-order valence-corrected chi connectivity index (χ2v) is 3.16. The van der Waals surface area contributed by atoms with Gasteiger partial charge in [-0.1, -0.05) is 6.07 Å². The van der Waals surface area contributed by atoms with Gasteiger partial charge in [-0.15, -0.1) is 0 Å². The fourth-order valence-electron chi connectivity index (χ4n) is 1.26. The van der Waals surface area contributed by atoms with Gasteiger partial charge in [0.2, 0.25) is 0 Å². The van der Waals surface area contributed by atoms with Crippen molar-refractivity contribution >= 4 is 0 Å². The van der Waals surface area contributed by atoms with E-state index in [1.807, 2.05) is 0 Å². The van der Waals surface area contributed by atoms with Gasteiger partial charge in [-0.05, 0) is 26.1 Å². The van der Waals surface area contributed by atoms with Crippen LogP contribution in [0, 0.1) is 11.6 Å². The van der Waals surface area contributed by atoms with E-state index < -0.39 is 11.6 Å². The lowest BCUT2D eigenvalue weighted by Gasteiger charge is -2.12. The summed E-state index contributed by atoms with van der Waals surface area (Å²) in [6, 6.07) is 3.08. The molecule has 1 atom stereocenters. The highest BCUT2D eigenvalue weighted by Gasteiger charge is 2.11. The van der Waals surface area contributed by atoms with Gasteiger partial charge in [0.15, 0.2) is 0 Å². The molecule has 0 aliphatic carbocycles. The minimum Gasteiger partial charge on any atom is -0.324 e. The zero-order chi connectivity index (χ0) is 10.6. The smallest absolute Gasteiger partial charge is 0.130 e. The summed E-state index contributed by atoms with van der Waals surface area (Å²) in [6.07, 6.45) is 0.624. The molecule has 1 rings (SSSR count). The molecule has 1 unspecified atom stereocenters. The second kappa shape index (κ2) is 5.02. The largest absolute Gasteiger partial charge is 0.324 e. The third-order valence-corrected chi connectivity index (χ3v) is 2.07. The van der Waals surface area contributed by atoms with Crippen LogP contribution < -0.4 is 11.1 Å². The Morgan fingerprint density at radius 3 is 2.71 bits per heavy atom. The van der Waals surface area contributed by atoms with E-state index in [1.54, 1.807) is 7.05 Å². The topological polar surface area (TPSA) is 38.0 Å². The van der Waals surface area contributed by atoms with Gasteiger partial charge < -0.3 is 11.1 Å². The summed E-state index contributed by atoms with van der Waals surface area (Å²) in [5.74, 6) is -1.15. The average molecular weight is 200 g/mol. The Labute approximate surface area is 82.1 Å². The molecule has 0 amide bonds. The third kappa shape index (κ3) is 2.75. The van der Waals surface area contributed by atoms with Crippen LogP contribution in [0.4, 0.5) is 8.78 Å². The molecule has 4 heteroatoms. The molecule has 0 heterocycles. The molecule has 2 nitrogen and oxygen atoms in total. The quantitative estimate of drug-likeness (QED) is 0.774. The van der Waals surface area contributed by atoms with Crippen LogP contribution in [-0.4, -0.2) is 13.6 Å². The number of hydrogen-bond acceptors (Lipinski definition) is 2. The van der Waals surface area contributed by atoms with Gasteiger partial charge in [0.25, 0.3) is 0 Å². The van der Waals surface area contributed by atoms with Gasteiger partial charge in [-0.25, -0.2) is 8.78 Å². The first-order valence-electron chi connectivity index (χ1n) is 4.50. The van der Waals surface area contributed by atoms with Gasteiger partial charge in [0, 0.05) is 17.7 Å². The first kappa shape index (κ1) is 11.1. The Hall–Kier alpha value is -1.00. The van der Waals surface area contributed by atoms with Crippen molar-refractivity contribution in [2.75, 3.05) is 13.6 Å². The third-order valence-electron chi connectivity index (χ3n) is 2.07. The van der Waals surface area contributed by atoms with Gasteiger partial charge in [-0.3, -0.25) is 0 Å². The van der Waals surface area contributed by atoms with E-state index in [0.717, 1.165) is 6.07 Å². The van der Waals surface area contributed by atoms with Crippen molar-refractivity contribution in [1.82, 2.24) is 5.32 Å². The Kier molecular flexibility index (Phi) is 3.98. The number of nitrogens with two attached hydrogens (primary N) is 1. The van der Waals surface area contributed by atoms with Crippen molar-refractivity contribution in [3.63, 3.8) is 0 Å². The molecule has 3 N–H and O–H groups in total. The Morgan fingerprint density at radius 1 is 1.43 bits per heavy atom. The second-order valence-electron chi connectivity index (χ2n) is 3.16. The lowest BCUT2D eigenvalue weighted by atomic mass is 10.0. The molecule has 0 aliphatic heterocycles. The Balaban J connectivity index is 2.74. The van der Waals surface area contributed by atoms with E-state index in [9.17, 15) is 8.78 Å². The molecule has 0 fully saturated rings. The summed E-state index contributed by atoms with van der Waals surface area (Å²) < 4.78 is 25.8. The minimum absolute atomic E-state index is 0.363. The molecule has 1 aromatic carbocycles. The van der Waals surface area contributed by atoms with Crippen molar-refractivity contribution in [1.29, 1.82) is 0 Å². The summed E-state index contributed by atoms with van der Waals surface area (Å²) in [6.45, 7) is 0.706. The van der Waals surface area contributed by atoms with Gasteiger partial charge in [0.1, 0.15) is 11.6 Å². The van der Waals surface area contributed by atoms with E-state index in [4.69, 9.17) is 5.73 Å². The van der Waals surface area contributed by atoms with E-state index >= 15 is 0 Å².